The third-order valence-corrected chi connectivity index (χ3v) is 5.04. The van der Waals surface area contributed by atoms with Crippen molar-refractivity contribution in [3.8, 4) is 0 Å². The minimum absolute atomic E-state index is 0.0826. The van der Waals surface area contributed by atoms with E-state index in [2.05, 4.69) is 32.9 Å². The highest BCUT2D eigenvalue weighted by Gasteiger charge is 2.34. The lowest BCUT2D eigenvalue weighted by atomic mass is 9.87. The normalized spacial score (nSPS) is 16.8. The number of rotatable bonds is 3. The molecule has 0 atom stereocenters. The molecule has 0 bridgehead atoms. The molecule has 0 unspecified atom stereocenters. The first-order chi connectivity index (χ1) is 11.8. The SMILES string of the molecule is CC(C)(C)c1ccc(CN2C(=O)S/C(=C/c3ccccc3)C2=O)cc1. The van der Waals surface area contributed by atoms with Crippen LogP contribution in [-0.4, -0.2) is 16.0 Å². The van der Waals surface area contributed by atoms with E-state index < -0.39 is 0 Å². The van der Waals surface area contributed by atoms with Crippen molar-refractivity contribution < 1.29 is 9.59 Å². The zero-order valence-electron chi connectivity index (χ0n) is 14.7. The number of benzene rings is 2. The Morgan fingerprint density at radius 1 is 0.960 bits per heavy atom. The van der Waals surface area contributed by atoms with Crippen LogP contribution in [0.15, 0.2) is 59.5 Å². The predicted molar refractivity (Wildman–Crippen MR) is 103 cm³/mol. The van der Waals surface area contributed by atoms with Crippen molar-refractivity contribution in [3.63, 3.8) is 0 Å². The minimum Gasteiger partial charge on any atom is -0.268 e. The van der Waals surface area contributed by atoms with Gasteiger partial charge in [-0.15, -0.1) is 0 Å². The summed E-state index contributed by atoms with van der Waals surface area (Å²) in [6.07, 6.45) is 1.77. The lowest BCUT2D eigenvalue weighted by Gasteiger charge is -2.20. The lowest BCUT2D eigenvalue weighted by molar-refractivity contribution is -0.123. The summed E-state index contributed by atoms with van der Waals surface area (Å²) in [7, 11) is 0. The van der Waals surface area contributed by atoms with Crippen molar-refractivity contribution in [1.29, 1.82) is 0 Å². The fourth-order valence-corrected chi connectivity index (χ4v) is 3.47. The molecule has 1 aliphatic rings. The average molecular weight is 351 g/mol. The second-order valence-electron chi connectivity index (χ2n) is 7.13. The molecule has 25 heavy (non-hydrogen) atoms. The van der Waals surface area contributed by atoms with Gasteiger partial charge in [-0.1, -0.05) is 75.4 Å². The highest BCUT2D eigenvalue weighted by Crippen LogP contribution is 2.33. The van der Waals surface area contributed by atoms with Gasteiger partial charge in [0.05, 0.1) is 11.4 Å². The quantitative estimate of drug-likeness (QED) is 0.711. The maximum atomic E-state index is 12.6. The summed E-state index contributed by atoms with van der Waals surface area (Å²) < 4.78 is 0. The number of amides is 2. The number of hydrogen-bond donors (Lipinski definition) is 0. The van der Waals surface area contributed by atoms with E-state index in [1.165, 1.54) is 10.5 Å². The van der Waals surface area contributed by atoms with E-state index in [4.69, 9.17) is 0 Å². The Kier molecular flexibility index (Phi) is 4.82. The van der Waals surface area contributed by atoms with Crippen molar-refractivity contribution in [3.05, 3.63) is 76.2 Å². The molecule has 2 aromatic carbocycles. The summed E-state index contributed by atoms with van der Waals surface area (Å²) in [6.45, 7) is 6.79. The summed E-state index contributed by atoms with van der Waals surface area (Å²) in [4.78, 5) is 26.6. The zero-order chi connectivity index (χ0) is 18.0. The number of imide groups is 1. The molecule has 0 aliphatic carbocycles. The van der Waals surface area contributed by atoms with Gasteiger partial charge >= 0.3 is 0 Å². The van der Waals surface area contributed by atoms with Gasteiger partial charge in [0.2, 0.25) is 0 Å². The molecule has 2 aromatic rings. The van der Waals surface area contributed by atoms with Gasteiger partial charge in [-0.2, -0.15) is 0 Å². The van der Waals surface area contributed by atoms with Crippen LogP contribution in [0.5, 0.6) is 0 Å². The fourth-order valence-electron chi connectivity index (χ4n) is 2.63. The second-order valence-corrected chi connectivity index (χ2v) is 8.12. The average Bonchev–Trinajstić information content (AvgIpc) is 2.83. The Morgan fingerprint density at radius 2 is 1.60 bits per heavy atom. The summed E-state index contributed by atoms with van der Waals surface area (Å²) in [5.41, 5.74) is 3.19. The smallest absolute Gasteiger partial charge is 0.268 e. The van der Waals surface area contributed by atoms with E-state index in [1.807, 2.05) is 42.5 Å². The molecule has 128 valence electrons. The van der Waals surface area contributed by atoms with Crippen LogP contribution in [0.3, 0.4) is 0 Å². The molecular weight excluding hydrogens is 330 g/mol. The maximum absolute atomic E-state index is 12.6. The predicted octanol–water partition coefficient (Wildman–Crippen LogP) is 5.22. The second kappa shape index (κ2) is 6.89. The van der Waals surface area contributed by atoms with E-state index in [-0.39, 0.29) is 16.6 Å². The van der Waals surface area contributed by atoms with Crippen molar-refractivity contribution in [2.45, 2.75) is 32.7 Å². The molecule has 4 heteroatoms. The summed E-state index contributed by atoms with van der Waals surface area (Å²) in [5.74, 6) is -0.223. The van der Waals surface area contributed by atoms with Gasteiger partial charge in [-0.3, -0.25) is 14.5 Å². The fraction of sp³-hybridized carbons (Fsp3) is 0.238. The lowest BCUT2D eigenvalue weighted by Crippen LogP contribution is -2.27. The molecule has 3 rings (SSSR count). The summed E-state index contributed by atoms with van der Waals surface area (Å²) >= 11 is 1.00. The number of carbonyl (C=O) groups is 2. The summed E-state index contributed by atoms with van der Waals surface area (Å²) in [6, 6.07) is 17.7. The topological polar surface area (TPSA) is 37.4 Å². The van der Waals surface area contributed by atoms with Crippen LogP contribution >= 0.6 is 11.8 Å². The van der Waals surface area contributed by atoms with Crippen molar-refractivity contribution in [1.82, 2.24) is 4.90 Å². The first-order valence-corrected chi connectivity index (χ1v) is 9.06. The van der Waals surface area contributed by atoms with E-state index in [0.29, 0.717) is 11.4 Å². The molecule has 3 nitrogen and oxygen atoms in total. The molecule has 0 aromatic heterocycles. The molecule has 0 saturated carbocycles. The first-order valence-electron chi connectivity index (χ1n) is 8.24. The van der Waals surface area contributed by atoms with E-state index in [1.54, 1.807) is 6.08 Å². The Labute approximate surface area is 152 Å². The molecule has 1 saturated heterocycles. The zero-order valence-corrected chi connectivity index (χ0v) is 15.5. The molecule has 1 heterocycles. The molecule has 0 radical (unpaired) electrons. The molecule has 2 amide bonds. The third-order valence-electron chi connectivity index (χ3n) is 4.13. The van der Waals surface area contributed by atoms with Crippen LogP contribution in [0.25, 0.3) is 6.08 Å². The first kappa shape index (κ1) is 17.5. The van der Waals surface area contributed by atoms with Crippen LogP contribution in [-0.2, 0) is 16.8 Å². The van der Waals surface area contributed by atoms with E-state index in [9.17, 15) is 9.59 Å². The number of hydrogen-bond acceptors (Lipinski definition) is 3. The van der Waals surface area contributed by atoms with Crippen molar-refractivity contribution in [2.24, 2.45) is 0 Å². The van der Waals surface area contributed by atoms with Gasteiger partial charge < -0.3 is 0 Å². The molecule has 0 spiro atoms. The van der Waals surface area contributed by atoms with Gasteiger partial charge in [-0.05, 0) is 39.9 Å². The molecule has 1 fully saturated rings. The van der Waals surface area contributed by atoms with Gasteiger partial charge in [0.25, 0.3) is 11.1 Å². The molecule has 1 aliphatic heterocycles. The van der Waals surface area contributed by atoms with Gasteiger partial charge in [0.1, 0.15) is 0 Å². The van der Waals surface area contributed by atoms with Gasteiger partial charge in [0, 0.05) is 0 Å². The summed E-state index contributed by atoms with van der Waals surface area (Å²) in [5, 5.41) is -0.216. The van der Waals surface area contributed by atoms with Crippen LogP contribution in [0.4, 0.5) is 4.79 Å². The Bertz CT molecular complexity index is 817. The van der Waals surface area contributed by atoms with Crippen LogP contribution in [0, 0.1) is 0 Å². The number of thioether (sulfide) groups is 1. The van der Waals surface area contributed by atoms with Crippen molar-refractivity contribution >= 4 is 29.0 Å². The molecule has 0 N–H and O–H groups in total. The monoisotopic (exact) mass is 351 g/mol. The number of carbonyl (C=O) groups excluding carboxylic acids is 2. The third kappa shape index (κ3) is 4.02. The van der Waals surface area contributed by atoms with Gasteiger partial charge in [0.15, 0.2) is 0 Å². The van der Waals surface area contributed by atoms with E-state index >= 15 is 0 Å². The van der Waals surface area contributed by atoms with E-state index in [0.717, 1.165) is 22.9 Å². The maximum Gasteiger partial charge on any atom is 0.293 e. The standard InChI is InChI=1S/C21H21NO2S/c1-21(2,3)17-11-9-16(10-12-17)14-22-19(23)18(25-20(22)24)13-15-7-5-4-6-8-15/h4-13H,14H2,1-3H3/b18-13+. The molecular formula is C21H21NO2S. The highest BCUT2D eigenvalue weighted by molar-refractivity contribution is 8.18. The van der Waals surface area contributed by atoms with Crippen LogP contribution < -0.4 is 0 Å². The van der Waals surface area contributed by atoms with Crippen LogP contribution in [0.2, 0.25) is 0 Å². The Morgan fingerprint density at radius 3 is 2.20 bits per heavy atom. The highest BCUT2D eigenvalue weighted by atomic mass is 32.2. The number of nitrogens with zero attached hydrogens (tertiary/aromatic N) is 1. The Hall–Kier alpha value is -2.33. The Balaban J connectivity index is 1.76. The van der Waals surface area contributed by atoms with Gasteiger partial charge in [-0.25, -0.2) is 0 Å². The largest absolute Gasteiger partial charge is 0.293 e. The minimum atomic E-state index is -0.223. The van der Waals surface area contributed by atoms with Crippen LogP contribution in [0.1, 0.15) is 37.5 Å². The van der Waals surface area contributed by atoms with Crippen molar-refractivity contribution in [2.75, 3.05) is 0 Å².